The second-order valence-electron chi connectivity index (χ2n) is 6.63. The highest BCUT2D eigenvalue weighted by atomic mass is 19.4. The molecule has 0 aliphatic carbocycles. The Balaban J connectivity index is 1.89. The van der Waals surface area contributed by atoms with Crippen LogP contribution in [0.15, 0.2) is 18.2 Å². The van der Waals surface area contributed by atoms with Gasteiger partial charge in [0.2, 0.25) is 0 Å². The van der Waals surface area contributed by atoms with Crippen LogP contribution in [-0.4, -0.2) is 34.4 Å². The summed E-state index contributed by atoms with van der Waals surface area (Å²) in [5.74, 6) is 0.190. The summed E-state index contributed by atoms with van der Waals surface area (Å²) in [7, 11) is 0. The summed E-state index contributed by atoms with van der Waals surface area (Å²) in [5.41, 5.74) is 0.838. The molecule has 140 valence electrons. The second kappa shape index (κ2) is 7.11. The maximum Gasteiger partial charge on any atom is 0.416 e. The first-order valence-electron chi connectivity index (χ1n) is 8.48. The Labute approximate surface area is 149 Å². The number of phenolic OH excluding ortho intramolecular Hbond substituents is 1. The van der Waals surface area contributed by atoms with E-state index in [1.165, 1.54) is 6.92 Å². The first-order chi connectivity index (χ1) is 12.3. The Morgan fingerprint density at radius 3 is 2.50 bits per heavy atom. The zero-order valence-electron chi connectivity index (χ0n) is 14.6. The molecule has 3 rings (SSSR count). The topological polar surface area (TPSA) is 70.1 Å². The van der Waals surface area contributed by atoms with Crippen molar-refractivity contribution in [2.75, 3.05) is 18.4 Å². The summed E-state index contributed by atoms with van der Waals surface area (Å²) < 4.78 is 38.6. The number of aromatic hydroxyl groups is 1. The molecule has 1 atom stereocenters. The van der Waals surface area contributed by atoms with E-state index in [0.29, 0.717) is 17.1 Å². The van der Waals surface area contributed by atoms with Crippen molar-refractivity contribution in [3.8, 4) is 17.0 Å². The van der Waals surface area contributed by atoms with Gasteiger partial charge in [-0.2, -0.15) is 13.2 Å². The number of hydrogen-bond acceptors (Lipinski definition) is 5. The van der Waals surface area contributed by atoms with Crippen molar-refractivity contribution < 1.29 is 18.3 Å². The lowest BCUT2D eigenvalue weighted by atomic mass is 10.00. The van der Waals surface area contributed by atoms with E-state index in [9.17, 15) is 18.3 Å². The highest BCUT2D eigenvalue weighted by molar-refractivity contribution is 5.72. The first-order valence-corrected chi connectivity index (χ1v) is 8.48. The van der Waals surface area contributed by atoms with Gasteiger partial charge in [0.1, 0.15) is 5.75 Å². The van der Waals surface area contributed by atoms with Gasteiger partial charge in [0.05, 0.1) is 11.3 Å². The molecule has 1 aromatic heterocycles. The Bertz CT molecular complexity index is 779. The van der Waals surface area contributed by atoms with Gasteiger partial charge in [-0.3, -0.25) is 0 Å². The van der Waals surface area contributed by atoms with Crippen LogP contribution in [0.3, 0.4) is 0 Å². The number of aromatic nitrogens is 2. The number of rotatable bonds is 3. The predicted molar refractivity (Wildman–Crippen MR) is 93.1 cm³/mol. The predicted octanol–water partition coefficient (Wildman–Crippen LogP) is 3.65. The Hall–Kier alpha value is -2.35. The number of halogens is 3. The third-order valence-electron chi connectivity index (χ3n) is 4.52. The smallest absolute Gasteiger partial charge is 0.416 e. The van der Waals surface area contributed by atoms with E-state index in [2.05, 4.69) is 20.8 Å². The van der Waals surface area contributed by atoms with Gasteiger partial charge in [-0.15, -0.1) is 10.2 Å². The quantitative estimate of drug-likeness (QED) is 0.774. The Morgan fingerprint density at radius 2 is 1.92 bits per heavy atom. The molecular formula is C18H21F3N4O. The molecule has 2 aromatic rings. The minimum Gasteiger partial charge on any atom is -0.507 e. The summed E-state index contributed by atoms with van der Waals surface area (Å²) in [6, 6.07) is 3.72. The number of piperidine rings is 1. The van der Waals surface area contributed by atoms with Crippen molar-refractivity contribution >= 4 is 5.82 Å². The third-order valence-corrected chi connectivity index (χ3v) is 4.52. The van der Waals surface area contributed by atoms with Crippen molar-refractivity contribution in [3.05, 3.63) is 34.9 Å². The Kier molecular flexibility index (Phi) is 5.04. The van der Waals surface area contributed by atoms with Crippen LogP contribution in [0.1, 0.15) is 29.5 Å². The fourth-order valence-electron chi connectivity index (χ4n) is 3.18. The molecule has 0 saturated carbocycles. The number of phenols is 1. The average Bonchev–Trinajstić information content (AvgIpc) is 2.57. The van der Waals surface area contributed by atoms with Crippen LogP contribution in [0.2, 0.25) is 0 Å². The van der Waals surface area contributed by atoms with E-state index in [1.807, 2.05) is 6.92 Å². The molecule has 8 heteroatoms. The first kappa shape index (κ1) is 18.4. The van der Waals surface area contributed by atoms with Crippen LogP contribution in [0.25, 0.3) is 11.3 Å². The van der Waals surface area contributed by atoms with E-state index >= 15 is 0 Å². The lowest BCUT2D eigenvalue weighted by molar-refractivity contribution is -0.137. The molecule has 3 N–H and O–H groups in total. The van der Waals surface area contributed by atoms with Crippen LogP contribution >= 0.6 is 0 Å². The van der Waals surface area contributed by atoms with Gasteiger partial charge in [0.15, 0.2) is 5.82 Å². The highest BCUT2D eigenvalue weighted by Crippen LogP contribution is 2.38. The third kappa shape index (κ3) is 3.90. The van der Waals surface area contributed by atoms with Gasteiger partial charge in [-0.25, -0.2) is 0 Å². The van der Waals surface area contributed by atoms with E-state index in [4.69, 9.17) is 0 Å². The van der Waals surface area contributed by atoms with Crippen LogP contribution < -0.4 is 10.6 Å². The molecule has 1 aliphatic heterocycles. The molecule has 26 heavy (non-hydrogen) atoms. The zero-order chi connectivity index (χ0) is 18.9. The number of benzene rings is 1. The van der Waals surface area contributed by atoms with Crippen LogP contribution in [0.4, 0.5) is 19.0 Å². The monoisotopic (exact) mass is 366 g/mol. The van der Waals surface area contributed by atoms with E-state index < -0.39 is 17.5 Å². The normalized spacial score (nSPS) is 18.0. The number of aryl methyl sites for hydroxylation is 2. The lowest BCUT2D eigenvalue weighted by Crippen LogP contribution is -2.38. The molecule has 0 bridgehead atoms. The van der Waals surface area contributed by atoms with E-state index in [1.54, 1.807) is 6.07 Å². The van der Waals surface area contributed by atoms with Gasteiger partial charge in [-0.1, -0.05) is 0 Å². The fourth-order valence-corrected chi connectivity index (χ4v) is 3.18. The van der Waals surface area contributed by atoms with Crippen molar-refractivity contribution in [2.24, 2.45) is 0 Å². The number of nitrogens with one attached hydrogen (secondary N) is 2. The maximum absolute atomic E-state index is 12.9. The Morgan fingerprint density at radius 1 is 1.15 bits per heavy atom. The van der Waals surface area contributed by atoms with Crippen molar-refractivity contribution in [3.63, 3.8) is 0 Å². The molecule has 0 amide bonds. The number of nitrogens with zero attached hydrogens (tertiary/aromatic N) is 2. The van der Waals surface area contributed by atoms with Crippen LogP contribution in [-0.2, 0) is 6.18 Å². The molecular weight excluding hydrogens is 345 g/mol. The van der Waals surface area contributed by atoms with Gasteiger partial charge in [0.25, 0.3) is 0 Å². The molecule has 2 heterocycles. The zero-order valence-corrected chi connectivity index (χ0v) is 14.6. The van der Waals surface area contributed by atoms with Gasteiger partial charge in [0, 0.05) is 18.2 Å². The molecule has 0 unspecified atom stereocenters. The highest BCUT2D eigenvalue weighted by Gasteiger charge is 2.32. The van der Waals surface area contributed by atoms with Crippen LogP contribution in [0.5, 0.6) is 5.75 Å². The molecule has 1 aliphatic rings. The van der Waals surface area contributed by atoms with Gasteiger partial charge < -0.3 is 15.7 Å². The van der Waals surface area contributed by atoms with Crippen molar-refractivity contribution in [2.45, 2.75) is 38.9 Å². The van der Waals surface area contributed by atoms with E-state index in [-0.39, 0.29) is 11.6 Å². The lowest BCUT2D eigenvalue weighted by Gasteiger charge is -2.24. The molecule has 1 fully saturated rings. The van der Waals surface area contributed by atoms with Gasteiger partial charge in [-0.05, 0) is 62.6 Å². The molecule has 1 saturated heterocycles. The fraction of sp³-hybridized carbons (Fsp3) is 0.444. The minimum absolute atomic E-state index is 0.263. The van der Waals surface area contributed by atoms with Crippen LogP contribution in [0, 0.1) is 13.8 Å². The largest absolute Gasteiger partial charge is 0.507 e. The van der Waals surface area contributed by atoms with Gasteiger partial charge >= 0.3 is 6.18 Å². The SMILES string of the molecule is Cc1cc(-c2c(C)cc(C(F)(F)F)cc2O)nnc1N[C@H]1CCCNC1. The summed E-state index contributed by atoms with van der Waals surface area (Å²) in [5, 5.41) is 25.1. The standard InChI is InChI=1S/C18H21F3N4O/c1-10-6-12(18(19,20)21)8-15(26)16(10)14-7-11(2)17(25-24-14)23-13-4-3-5-22-9-13/h6-8,13,22,26H,3-5,9H2,1-2H3,(H,23,25)/t13-/m0/s1. The molecule has 0 spiro atoms. The molecule has 1 aromatic carbocycles. The number of alkyl halides is 3. The second-order valence-corrected chi connectivity index (χ2v) is 6.63. The number of anilines is 1. The minimum atomic E-state index is -4.51. The van der Waals surface area contributed by atoms with Crippen molar-refractivity contribution in [1.82, 2.24) is 15.5 Å². The molecule has 0 radical (unpaired) electrons. The summed E-state index contributed by atoms with van der Waals surface area (Å²) in [6.45, 7) is 5.23. The average molecular weight is 366 g/mol. The molecule has 5 nitrogen and oxygen atoms in total. The summed E-state index contributed by atoms with van der Waals surface area (Å²) >= 11 is 0. The number of hydrogen-bond donors (Lipinski definition) is 3. The van der Waals surface area contributed by atoms with Crippen molar-refractivity contribution in [1.29, 1.82) is 0 Å². The van der Waals surface area contributed by atoms with E-state index in [0.717, 1.165) is 43.6 Å². The summed E-state index contributed by atoms with van der Waals surface area (Å²) in [4.78, 5) is 0. The maximum atomic E-state index is 12.9. The summed E-state index contributed by atoms with van der Waals surface area (Å²) in [6.07, 6.45) is -2.39.